The van der Waals surface area contributed by atoms with Gasteiger partial charge in [0.05, 0.1) is 16.8 Å². The Morgan fingerprint density at radius 1 is 1.28 bits per heavy atom. The first-order valence-corrected chi connectivity index (χ1v) is 6.65. The number of nitrogens with zero attached hydrogens (tertiary/aromatic N) is 1. The molecule has 1 aromatic heterocycles. The summed E-state index contributed by atoms with van der Waals surface area (Å²) in [5.74, 6) is -0.310. The second-order valence-electron chi connectivity index (χ2n) is 4.53. The van der Waals surface area contributed by atoms with Crippen molar-refractivity contribution in [2.75, 3.05) is 0 Å². The molecule has 0 aliphatic rings. The van der Waals surface area contributed by atoms with E-state index in [1.165, 1.54) is 12.1 Å². The average molecular weight is 265 g/mol. The summed E-state index contributed by atoms with van der Waals surface area (Å²) in [6.45, 7) is 5.78. The summed E-state index contributed by atoms with van der Waals surface area (Å²) in [7, 11) is 0. The van der Waals surface area contributed by atoms with Gasteiger partial charge < -0.3 is 5.11 Å². The molecule has 0 fully saturated rings. The number of aliphatic hydroxyl groups is 1. The molecule has 18 heavy (non-hydrogen) atoms. The minimum atomic E-state index is -0.704. The van der Waals surface area contributed by atoms with Gasteiger partial charge in [0.25, 0.3) is 0 Å². The SMILES string of the molecule is Cc1cc(F)cc(C(O)Cc2nc(C)c(C)s2)c1. The molecule has 1 heterocycles. The standard InChI is InChI=1S/C14H16FNOS/c1-8-4-11(6-12(15)5-8)13(17)7-14-16-9(2)10(3)18-14/h4-6,13,17H,7H2,1-3H3. The van der Waals surface area contributed by atoms with Gasteiger partial charge in [-0.15, -0.1) is 11.3 Å². The van der Waals surface area contributed by atoms with Crippen LogP contribution in [0.1, 0.15) is 32.8 Å². The number of hydrogen-bond donors (Lipinski definition) is 1. The van der Waals surface area contributed by atoms with Crippen LogP contribution in [-0.2, 0) is 6.42 Å². The van der Waals surface area contributed by atoms with E-state index in [0.29, 0.717) is 12.0 Å². The van der Waals surface area contributed by atoms with E-state index in [1.54, 1.807) is 17.4 Å². The van der Waals surface area contributed by atoms with Crippen LogP contribution in [0.3, 0.4) is 0 Å². The van der Waals surface area contributed by atoms with Crippen LogP contribution in [0.5, 0.6) is 0 Å². The molecule has 0 amide bonds. The monoisotopic (exact) mass is 265 g/mol. The van der Waals surface area contributed by atoms with Gasteiger partial charge in [0.2, 0.25) is 0 Å². The van der Waals surface area contributed by atoms with Crippen molar-refractivity contribution in [1.82, 2.24) is 4.98 Å². The van der Waals surface area contributed by atoms with E-state index >= 15 is 0 Å². The van der Waals surface area contributed by atoms with Crippen molar-refractivity contribution < 1.29 is 9.50 Å². The van der Waals surface area contributed by atoms with Gasteiger partial charge in [-0.05, 0) is 44.0 Å². The van der Waals surface area contributed by atoms with Crippen LogP contribution in [0.4, 0.5) is 4.39 Å². The van der Waals surface area contributed by atoms with Gasteiger partial charge >= 0.3 is 0 Å². The molecule has 0 saturated carbocycles. The molecule has 2 aromatic rings. The molecular formula is C14H16FNOS. The Kier molecular flexibility index (Phi) is 3.78. The molecule has 2 rings (SSSR count). The van der Waals surface area contributed by atoms with E-state index < -0.39 is 6.10 Å². The number of aromatic nitrogens is 1. The van der Waals surface area contributed by atoms with Crippen LogP contribution in [-0.4, -0.2) is 10.1 Å². The molecule has 1 aromatic carbocycles. The van der Waals surface area contributed by atoms with Crippen LogP contribution < -0.4 is 0 Å². The van der Waals surface area contributed by atoms with Crippen molar-refractivity contribution in [2.45, 2.75) is 33.3 Å². The second kappa shape index (κ2) is 5.16. The van der Waals surface area contributed by atoms with Gasteiger partial charge in [0, 0.05) is 11.3 Å². The number of hydrogen-bond acceptors (Lipinski definition) is 3. The Labute approximate surface area is 110 Å². The highest BCUT2D eigenvalue weighted by molar-refractivity contribution is 7.11. The summed E-state index contributed by atoms with van der Waals surface area (Å²) in [6, 6.07) is 4.64. The Balaban J connectivity index is 2.18. The molecule has 0 aliphatic carbocycles. The summed E-state index contributed by atoms with van der Waals surface area (Å²) in [5, 5.41) is 11.0. The van der Waals surface area contributed by atoms with Crippen molar-refractivity contribution in [3.8, 4) is 0 Å². The lowest BCUT2D eigenvalue weighted by atomic mass is 10.0. The molecule has 0 aliphatic heterocycles. The van der Waals surface area contributed by atoms with Crippen LogP contribution in [0, 0.1) is 26.6 Å². The Bertz CT molecular complexity index is 525. The molecular weight excluding hydrogens is 249 g/mol. The highest BCUT2D eigenvalue weighted by Gasteiger charge is 2.13. The van der Waals surface area contributed by atoms with E-state index in [1.807, 2.05) is 20.8 Å². The smallest absolute Gasteiger partial charge is 0.123 e. The normalized spacial score (nSPS) is 12.7. The zero-order valence-corrected chi connectivity index (χ0v) is 11.5. The van der Waals surface area contributed by atoms with E-state index in [4.69, 9.17) is 0 Å². The van der Waals surface area contributed by atoms with Gasteiger partial charge in [0.15, 0.2) is 0 Å². The molecule has 0 radical (unpaired) electrons. The number of rotatable bonds is 3. The third-order valence-corrected chi connectivity index (χ3v) is 3.99. The van der Waals surface area contributed by atoms with Gasteiger partial charge in [-0.3, -0.25) is 0 Å². The van der Waals surface area contributed by atoms with Gasteiger partial charge in [0.1, 0.15) is 5.82 Å². The predicted molar refractivity (Wildman–Crippen MR) is 71.4 cm³/mol. The highest BCUT2D eigenvalue weighted by atomic mass is 32.1. The first-order valence-electron chi connectivity index (χ1n) is 5.84. The first-order chi connectivity index (χ1) is 8.45. The molecule has 0 spiro atoms. The lowest BCUT2D eigenvalue weighted by Crippen LogP contribution is -2.02. The number of aryl methyl sites for hydroxylation is 3. The Morgan fingerprint density at radius 2 is 2.00 bits per heavy atom. The van der Waals surface area contributed by atoms with E-state index in [9.17, 15) is 9.50 Å². The lowest BCUT2D eigenvalue weighted by molar-refractivity contribution is 0.178. The zero-order chi connectivity index (χ0) is 13.3. The van der Waals surface area contributed by atoms with Crippen molar-refractivity contribution in [2.24, 2.45) is 0 Å². The molecule has 1 atom stereocenters. The summed E-state index contributed by atoms with van der Waals surface area (Å²) >= 11 is 1.58. The highest BCUT2D eigenvalue weighted by Crippen LogP contribution is 2.24. The van der Waals surface area contributed by atoms with Crippen LogP contribution in [0.15, 0.2) is 18.2 Å². The molecule has 0 bridgehead atoms. The van der Waals surface area contributed by atoms with Crippen molar-refractivity contribution in [1.29, 1.82) is 0 Å². The molecule has 0 saturated heterocycles. The lowest BCUT2D eigenvalue weighted by Gasteiger charge is -2.10. The second-order valence-corrected chi connectivity index (χ2v) is 5.82. The third-order valence-electron chi connectivity index (χ3n) is 2.89. The Morgan fingerprint density at radius 3 is 2.56 bits per heavy atom. The van der Waals surface area contributed by atoms with Crippen LogP contribution in [0.2, 0.25) is 0 Å². The topological polar surface area (TPSA) is 33.1 Å². The zero-order valence-electron chi connectivity index (χ0n) is 10.7. The predicted octanol–water partition coefficient (Wildman–Crippen LogP) is 3.48. The summed E-state index contributed by atoms with van der Waals surface area (Å²) in [6.07, 6.45) is -0.272. The molecule has 96 valence electrons. The third kappa shape index (κ3) is 2.94. The maximum absolute atomic E-state index is 13.3. The minimum absolute atomic E-state index is 0.310. The fourth-order valence-electron chi connectivity index (χ4n) is 1.87. The molecule has 4 heteroatoms. The van der Waals surface area contributed by atoms with E-state index in [2.05, 4.69) is 4.98 Å². The van der Waals surface area contributed by atoms with Gasteiger partial charge in [-0.2, -0.15) is 0 Å². The molecule has 2 nitrogen and oxygen atoms in total. The Hall–Kier alpha value is -1.26. The van der Waals surface area contributed by atoms with Crippen molar-refractivity contribution in [3.05, 3.63) is 50.7 Å². The fourth-order valence-corrected chi connectivity index (χ4v) is 2.84. The molecule has 1 N–H and O–H groups in total. The number of aliphatic hydroxyl groups excluding tert-OH is 1. The largest absolute Gasteiger partial charge is 0.388 e. The van der Waals surface area contributed by atoms with Crippen molar-refractivity contribution >= 4 is 11.3 Å². The fraction of sp³-hybridized carbons (Fsp3) is 0.357. The number of thiazole rings is 1. The van der Waals surface area contributed by atoms with Crippen molar-refractivity contribution in [3.63, 3.8) is 0 Å². The molecule has 1 unspecified atom stereocenters. The average Bonchev–Trinajstić information content (AvgIpc) is 2.56. The maximum atomic E-state index is 13.3. The maximum Gasteiger partial charge on any atom is 0.123 e. The van der Waals surface area contributed by atoms with Crippen LogP contribution in [0.25, 0.3) is 0 Å². The summed E-state index contributed by atoms with van der Waals surface area (Å²) in [4.78, 5) is 5.55. The van der Waals surface area contributed by atoms with Gasteiger partial charge in [-0.25, -0.2) is 9.37 Å². The summed E-state index contributed by atoms with van der Waals surface area (Å²) < 4.78 is 13.3. The minimum Gasteiger partial charge on any atom is -0.388 e. The van der Waals surface area contributed by atoms with Gasteiger partial charge in [-0.1, -0.05) is 6.07 Å². The van der Waals surface area contributed by atoms with E-state index in [-0.39, 0.29) is 5.82 Å². The summed E-state index contributed by atoms with van der Waals surface area (Å²) in [5.41, 5.74) is 2.42. The van der Waals surface area contributed by atoms with E-state index in [0.717, 1.165) is 21.1 Å². The number of halogens is 1. The first kappa shape index (κ1) is 13.2. The van der Waals surface area contributed by atoms with Crippen LogP contribution >= 0.6 is 11.3 Å². The number of benzene rings is 1. The quantitative estimate of drug-likeness (QED) is 0.921.